The highest BCUT2D eigenvalue weighted by atomic mass is 32.2. The zero-order chi connectivity index (χ0) is 18.4. The van der Waals surface area contributed by atoms with E-state index in [-0.39, 0.29) is 17.5 Å². The molecular weight excluding hydrogens is 359 g/mol. The minimum Gasteiger partial charge on any atom is -0.468 e. The number of thioether (sulfide) groups is 1. The Morgan fingerprint density at radius 2 is 2.04 bits per heavy atom. The van der Waals surface area contributed by atoms with E-state index in [1.807, 2.05) is 4.57 Å². The second-order valence-corrected chi connectivity index (χ2v) is 6.88. The summed E-state index contributed by atoms with van der Waals surface area (Å²) in [5.41, 5.74) is 0.792. The molecule has 0 atom stereocenters. The molecule has 140 valence electrons. The molecule has 1 fully saturated rings. The molecule has 0 unspecified atom stereocenters. The molecule has 2 aromatic rings. The van der Waals surface area contributed by atoms with Crippen molar-refractivity contribution in [1.29, 1.82) is 0 Å². The van der Waals surface area contributed by atoms with Crippen LogP contribution in [0.25, 0.3) is 11.4 Å². The molecule has 0 aliphatic carbocycles. The largest absolute Gasteiger partial charge is 0.468 e. The van der Waals surface area contributed by atoms with Gasteiger partial charge in [0.1, 0.15) is 18.9 Å². The fraction of sp³-hybridized carbons (Fsp3) is 0.471. The zero-order valence-electron chi connectivity index (χ0n) is 14.6. The van der Waals surface area contributed by atoms with Crippen LogP contribution in [-0.4, -0.2) is 66.4 Å². The van der Waals surface area contributed by atoms with E-state index in [1.165, 1.54) is 35.9 Å². The lowest BCUT2D eigenvalue weighted by Gasteiger charge is -2.24. The van der Waals surface area contributed by atoms with Crippen molar-refractivity contribution in [3.8, 4) is 11.4 Å². The van der Waals surface area contributed by atoms with Gasteiger partial charge in [0.2, 0.25) is 0 Å². The Hall–Kier alpha value is -1.97. The van der Waals surface area contributed by atoms with E-state index >= 15 is 0 Å². The highest BCUT2D eigenvalue weighted by Gasteiger charge is 2.19. The summed E-state index contributed by atoms with van der Waals surface area (Å²) in [6, 6.07) is 6.18. The van der Waals surface area contributed by atoms with Crippen molar-refractivity contribution in [3.63, 3.8) is 0 Å². The third-order valence-corrected chi connectivity index (χ3v) is 5.20. The van der Waals surface area contributed by atoms with Crippen LogP contribution in [0.2, 0.25) is 0 Å². The van der Waals surface area contributed by atoms with Gasteiger partial charge < -0.3 is 14.4 Å². The number of nitrogens with zero attached hydrogens (tertiary/aromatic N) is 3. The van der Waals surface area contributed by atoms with E-state index in [0.717, 1.165) is 38.4 Å². The van der Waals surface area contributed by atoms with E-state index in [1.54, 1.807) is 12.1 Å². The highest BCUT2D eigenvalue weighted by Crippen LogP contribution is 2.24. The lowest BCUT2D eigenvalue weighted by atomic mass is 10.2. The summed E-state index contributed by atoms with van der Waals surface area (Å²) in [7, 11) is 1.36. The Bertz CT molecular complexity index is 732. The number of morpholine rings is 1. The summed E-state index contributed by atoms with van der Waals surface area (Å²) >= 11 is 1.29. The van der Waals surface area contributed by atoms with E-state index in [0.29, 0.717) is 17.5 Å². The van der Waals surface area contributed by atoms with Gasteiger partial charge in [0, 0.05) is 5.56 Å². The Morgan fingerprint density at radius 3 is 2.73 bits per heavy atom. The first-order valence-corrected chi connectivity index (χ1v) is 9.46. The lowest BCUT2D eigenvalue weighted by molar-refractivity contribution is -0.908. The van der Waals surface area contributed by atoms with Crippen molar-refractivity contribution in [2.75, 3.05) is 45.7 Å². The van der Waals surface area contributed by atoms with Crippen LogP contribution >= 0.6 is 11.8 Å². The third-order valence-electron chi connectivity index (χ3n) is 4.25. The molecule has 1 saturated heterocycles. The van der Waals surface area contributed by atoms with Crippen LogP contribution in [0, 0.1) is 5.82 Å². The van der Waals surface area contributed by atoms with Gasteiger partial charge in [-0.2, -0.15) is 0 Å². The number of hydrogen-bond donors (Lipinski definition) is 1. The number of esters is 1. The molecule has 1 N–H and O–H groups in total. The molecule has 9 heteroatoms. The molecule has 0 bridgehead atoms. The van der Waals surface area contributed by atoms with Crippen LogP contribution < -0.4 is 4.90 Å². The number of ether oxygens (including phenoxy) is 2. The highest BCUT2D eigenvalue weighted by molar-refractivity contribution is 7.99. The average Bonchev–Trinajstić information content (AvgIpc) is 3.08. The summed E-state index contributed by atoms with van der Waals surface area (Å²) in [6.07, 6.45) is 0. The number of hydrogen-bond acceptors (Lipinski definition) is 6. The molecule has 2 heterocycles. The number of methoxy groups -OCH3 is 1. The van der Waals surface area contributed by atoms with Crippen LogP contribution in [-0.2, 0) is 20.8 Å². The van der Waals surface area contributed by atoms with Gasteiger partial charge in [-0.3, -0.25) is 9.36 Å². The first-order valence-electron chi connectivity index (χ1n) is 8.47. The molecule has 1 aliphatic heterocycles. The number of carbonyl (C=O) groups excluding carboxylic acids is 1. The minimum atomic E-state index is -0.313. The van der Waals surface area contributed by atoms with Crippen molar-refractivity contribution in [1.82, 2.24) is 14.8 Å². The molecule has 1 aromatic carbocycles. The van der Waals surface area contributed by atoms with Gasteiger partial charge in [0.25, 0.3) is 0 Å². The molecule has 0 radical (unpaired) electrons. The minimum absolute atomic E-state index is 0.169. The number of aromatic nitrogens is 3. The topological polar surface area (TPSA) is 70.7 Å². The summed E-state index contributed by atoms with van der Waals surface area (Å²) in [6.45, 7) is 5.09. The number of benzene rings is 1. The second-order valence-electron chi connectivity index (χ2n) is 5.94. The normalized spacial score (nSPS) is 15.2. The van der Waals surface area contributed by atoms with Crippen molar-refractivity contribution in [2.45, 2.75) is 11.7 Å². The van der Waals surface area contributed by atoms with Gasteiger partial charge in [0.15, 0.2) is 11.0 Å². The number of halogens is 1. The van der Waals surface area contributed by atoms with E-state index in [4.69, 9.17) is 9.47 Å². The molecule has 26 heavy (non-hydrogen) atoms. The van der Waals surface area contributed by atoms with Gasteiger partial charge >= 0.3 is 5.97 Å². The van der Waals surface area contributed by atoms with Crippen LogP contribution in [0.1, 0.15) is 0 Å². The van der Waals surface area contributed by atoms with Gasteiger partial charge in [-0.15, -0.1) is 10.2 Å². The van der Waals surface area contributed by atoms with Gasteiger partial charge in [0.05, 0.1) is 39.2 Å². The summed E-state index contributed by atoms with van der Waals surface area (Å²) in [5.74, 6) is 0.234. The van der Waals surface area contributed by atoms with E-state index in [2.05, 4.69) is 10.2 Å². The predicted molar refractivity (Wildman–Crippen MR) is 94.5 cm³/mol. The van der Waals surface area contributed by atoms with Gasteiger partial charge in [-0.1, -0.05) is 11.8 Å². The first-order chi connectivity index (χ1) is 12.7. The van der Waals surface area contributed by atoms with Crippen molar-refractivity contribution < 1.29 is 23.6 Å². The van der Waals surface area contributed by atoms with Gasteiger partial charge in [-0.25, -0.2) is 4.39 Å². The molecule has 3 rings (SSSR count). The summed E-state index contributed by atoms with van der Waals surface area (Å²) in [5, 5.41) is 9.15. The Morgan fingerprint density at radius 1 is 1.31 bits per heavy atom. The van der Waals surface area contributed by atoms with Crippen molar-refractivity contribution in [3.05, 3.63) is 30.1 Å². The fourth-order valence-corrected chi connectivity index (χ4v) is 3.57. The van der Waals surface area contributed by atoms with Crippen molar-refractivity contribution >= 4 is 17.7 Å². The smallest absolute Gasteiger partial charge is 0.316 e. The first kappa shape index (κ1) is 18.8. The molecular formula is C17H22FN4O3S+. The van der Waals surface area contributed by atoms with Crippen LogP contribution in [0.15, 0.2) is 29.4 Å². The predicted octanol–water partition coefficient (Wildman–Crippen LogP) is 0.264. The molecule has 0 spiro atoms. The maximum Gasteiger partial charge on any atom is 0.316 e. The quantitative estimate of drug-likeness (QED) is 0.548. The number of rotatable bonds is 7. The zero-order valence-corrected chi connectivity index (χ0v) is 15.4. The Balaban J connectivity index is 1.79. The molecule has 1 aliphatic rings. The third kappa shape index (κ3) is 4.80. The number of quaternary nitrogens is 1. The molecule has 7 nitrogen and oxygen atoms in total. The lowest BCUT2D eigenvalue weighted by Crippen LogP contribution is -3.14. The molecule has 1 aromatic heterocycles. The SMILES string of the molecule is COC(=O)CSc1nnc(-c2ccc(F)cc2)n1CC[NH+]1CCOCC1. The standard InChI is InChI=1S/C17H21FN4O3S/c1-24-15(23)12-26-17-20-19-16(13-2-4-14(18)5-3-13)22(17)7-6-21-8-10-25-11-9-21/h2-5H,6-12H2,1H3/p+1. The Kier molecular flexibility index (Phi) is 6.59. The van der Waals surface area contributed by atoms with Gasteiger partial charge in [-0.05, 0) is 24.3 Å². The average molecular weight is 381 g/mol. The molecule has 0 saturated carbocycles. The molecule has 0 amide bonds. The van der Waals surface area contributed by atoms with E-state index in [9.17, 15) is 9.18 Å². The number of carbonyl (C=O) groups is 1. The van der Waals surface area contributed by atoms with Crippen LogP contribution in [0.5, 0.6) is 0 Å². The van der Waals surface area contributed by atoms with Crippen LogP contribution in [0.4, 0.5) is 4.39 Å². The van der Waals surface area contributed by atoms with Crippen molar-refractivity contribution in [2.24, 2.45) is 0 Å². The summed E-state index contributed by atoms with van der Waals surface area (Å²) < 4.78 is 25.3. The maximum atomic E-state index is 13.2. The number of nitrogens with one attached hydrogen (secondary N) is 1. The second kappa shape index (κ2) is 9.11. The monoisotopic (exact) mass is 381 g/mol. The van der Waals surface area contributed by atoms with Crippen LogP contribution in [0.3, 0.4) is 0 Å². The Labute approximate surface area is 155 Å². The van der Waals surface area contributed by atoms with E-state index < -0.39 is 0 Å². The maximum absolute atomic E-state index is 13.2. The summed E-state index contributed by atoms with van der Waals surface area (Å²) in [4.78, 5) is 12.9. The fourth-order valence-electron chi connectivity index (χ4n) is 2.77.